The van der Waals surface area contributed by atoms with Gasteiger partial charge in [0, 0.05) is 6.54 Å². The highest BCUT2D eigenvalue weighted by molar-refractivity contribution is 7.80. The van der Waals surface area contributed by atoms with Crippen molar-refractivity contribution >= 4 is 23.2 Å². The topological polar surface area (TPSA) is 32.3 Å². The number of carbonyl (C=O) groups excluding carboxylic acids is 1. The lowest BCUT2D eigenvalue weighted by molar-refractivity contribution is -0.127. The second kappa shape index (κ2) is 3.87. The highest BCUT2D eigenvalue weighted by Crippen LogP contribution is 2.13. The maximum absolute atomic E-state index is 11.7. The number of thiocarbonyl (C=S) groups is 1. The van der Waals surface area contributed by atoms with Crippen LogP contribution in [0.25, 0.3) is 0 Å². The van der Waals surface area contributed by atoms with Crippen molar-refractivity contribution in [1.82, 2.24) is 10.2 Å². The Hall–Kier alpha value is -0.900. The molecule has 0 aromatic rings. The molecule has 0 aromatic carbocycles. The predicted molar refractivity (Wildman–Crippen MR) is 56.3 cm³/mol. The van der Waals surface area contributed by atoms with Crippen LogP contribution in [-0.4, -0.2) is 28.5 Å². The molecular weight excluding hydrogens is 184 g/mol. The Kier molecular flexibility index (Phi) is 3.03. The molecule has 3 nitrogen and oxygen atoms in total. The summed E-state index contributed by atoms with van der Waals surface area (Å²) in [5.74, 6) is 0.320. The van der Waals surface area contributed by atoms with Crippen LogP contribution in [0.5, 0.6) is 0 Å². The summed E-state index contributed by atoms with van der Waals surface area (Å²) >= 11 is 5.03. The van der Waals surface area contributed by atoms with Gasteiger partial charge in [-0.2, -0.15) is 0 Å². The molecule has 1 heterocycles. The Labute approximate surface area is 83.8 Å². The van der Waals surface area contributed by atoms with Crippen LogP contribution in [-0.2, 0) is 4.79 Å². The van der Waals surface area contributed by atoms with Crippen LogP contribution >= 0.6 is 12.2 Å². The fourth-order valence-electron chi connectivity index (χ4n) is 1.29. The van der Waals surface area contributed by atoms with Crippen LogP contribution in [0.1, 0.15) is 13.8 Å². The minimum absolute atomic E-state index is 0.0555. The van der Waals surface area contributed by atoms with Gasteiger partial charge in [-0.3, -0.25) is 9.69 Å². The van der Waals surface area contributed by atoms with Gasteiger partial charge in [-0.25, -0.2) is 0 Å². The Morgan fingerprint density at radius 2 is 2.38 bits per heavy atom. The van der Waals surface area contributed by atoms with Crippen LogP contribution in [0.15, 0.2) is 12.7 Å². The molecule has 0 radical (unpaired) electrons. The van der Waals surface area contributed by atoms with E-state index in [0.29, 0.717) is 11.7 Å². The maximum atomic E-state index is 11.7. The number of nitrogens with zero attached hydrogens (tertiary/aromatic N) is 1. The van der Waals surface area contributed by atoms with E-state index in [-0.39, 0.29) is 17.9 Å². The molecule has 0 saturated carbocycles. The quantitative estimate of drug-likeness (QED) is 0.540. The molecule has 1 atom stereocenters. The largest absolute Gasteiger partial charge is 0.350 e. The van der Waals surface area contributed by atoms with Crippen molar-refractivity contribution in [2.75, 3.05) is 6.54 Å². The van der Waals surface area contributed by atoms with Gasteiger partial charge < -0.3 is 5.32 Å². The molecule has 1 N–H and O–H groups in total. The first-order valence-electron chi connectivity index (χ1n) is 4.30. The third-order valence-corrected chi connectivity index (χ3v) is 2.37. The lowest BCUT2D eigenvalue weighted by Gasteiger charge is -2.13. The van der Waals surface area contributed by atoms with Crippen LogP contribution in [0, 0.1) is 5.92 Å². The minimum Gasteiger partial charge on any atom is -0.350 e. The normalized spacial score (nSPS) is 22.4. The smallest absolute Gasteiger partial charge is 0.251 e. The van der Waals surface area contributed by atoms with Gasteiger partial charge in [0.05, 0.1) is 0 Å². The van der Waals surface area contributed by atoms with Gasteiger partial charge in [0.1, 0.15) is 6.04 Å². The van der Waals surface area contributed by atoms with Gasteiger partial charge in [0.25, 0.3) is 5.91 Å². The summed E-state index contributed by atoms with van der Waals surface area (Å²) in [4.78, 5) is 13.2. The van der Waals surface area contributed by atoms with Gasteiger partial charge in [0.15, 0.2) is 5.11 Å². The molecular formula is C9H14N2OS. The zero-order chi connectivity index (χ0) is 10.0. The zero-order valence-electron chi connectivity index (χ0n) is 7.91. The third kappa shape index (κ3) is 1.88. The summed E-state index contributed by atoms with van der Waals surface area (Å²) < 4.78 is 0. The third-order valence-electron chi connectivity index (χ3n) is 2.03. The lowest BCUT2D eigenvalue weighted by atomic mass is 10.1. The van der Waals surface area contributed by atoms with E-state index in [9.17, 15) is 4.79 Å². The first-order chi connectivity index (χ1) is 6.07. The average Bonchev–Trinajstić information content (AvgIpc) is 2.32. The van der Waals surface area contributed by atoms with E-state index < -0.39 is 0 Å². The van der Waals surface area contributed by atoms with E-state index in [1.165, 1.54) is 0 Å². The minimum atomic E-state index is -0.160. The molecule has 0 aromatic heterocycles. The molecule has 1 saturated heterocycles. The number of nitrogens with one attached hydrogen (secondary N) is 1. The van der Waals surface area contributed by atoms with Gasteiger partial charge in [-0.05, 0) is 18.1 Å². The monoisotopic (exact) mass is 198 g/mol. The molecule has 4 heteroatoms. The van der Waals surface area contributed by atoms with Crippen molar-refractivity contribution in [3.05, 3.63) is 12.7 Å². The second-order valence-corrected chi connectivity index (χ2v) is 3.80. The molecule has 0 aliphatic carbocycles. The number of rotatable bonds is 3. The number of carbonyl (C=O) groups is 1. The first-order valence-corrected chi connectivity index (χ1v) is 4.71. The van der Waals surface area contributed by atoms with E-state index in [1.807, 2.05) is 13.8 Å². The molecule has 0 unspecified atom stereocenters. The molecule has 1 aliphatic heterocycles. The molecule has 13 heavy (non-hydrogen) atoms. The summed E-state index contributed by atoms with van der Waals surface area (Å²) in [6, 6.07) is -0.160. The Morgan fingerprint density at radius 1 is 1.77 bits per heavy atom. The van der Waals surface area contributed by atoms with E-state index >= 15 is 0 Å². The number of hydrogen-bond acceptors (Lipinski definition) is 2. The fraction of sp³-hybridized carbons (Fsp3) is 0.556. The molecule has 72 valence electrons. The Morgan fingerprint density at radius 3 is 2.77 bits per heavy atom. The lowest BCUT2D eigenvalue weighted by Crippen LogP contribution is -2.34. The second-order valence-electron chi connectivity index (χ2n) is 3.41. The van der Waals surface area contributed by atoms with Crippen LogP contribution in [0.3, 0.4) is 0 Å². The molecule has 0 bridgehead atoms. The maximum Gasteiger partial charge on any atom is 0.251 e. The average molecular weight is 198 g/mol. The van der Waals surface area contributed by atoms with Crippen molar-refractivity contribution in [3.8, 4) is 0 Å². The summed E-state index contributed by atoms with van der Waals surface area (Å²) in [7, 11) is 0. The van der Waals surface area contributed by atoms with Gasteiger partial charge in [0.2, 0.25) is 0 Å². The molecule has 0 spiro atoms. The Bertz CT molecular complexity index is 250. The van der Waals surface area contributed by atoms with Crippen LogP contribution in [0.4, 0.5) is 0 Å². The number of hydrogen-bond donors (Lipinski definition) is 1. The van der Waals surface area contributed by atoms with Crippen molar-refractivity contribution in [3.63, 3.8) is 0 Å². The highest BCUT2D eigenvalue weighted by Gasteiger charge is 2.36. The van der Waals surface area contributed by atoms with Gasteiger partial charge >= 0.3 is 0 Å². The highest BCUT2D eigenvalue weighted by atomic mass is 32.1. The summed E-state index contributed by atoms with van der Waals surface area (Å²) in [5.41, 5.74) is 0. The Balaban J connectivity index is 2.75. The number of amides is 1. The molecule has 1 fully saturated rings. The standard InChI is InChI=1S/C9H14N2OS/c1-4-5-11-8(12)7(6(2)3)10-9(11)13/h4,6-7H,1,5H2,2-3H3,(H,10,13)/t7-/m0/s1. The van der Waals surface area contributed by atoms with Crippen molar-refractivity contribution in [2.24, 2.45) is 5.92 Å². The van der Waals surface area contributed by atoms with Crippen molar-refractivity contribution in [1.29, 1.82) is 0 Å². The van der Waals surface area contributed by atoms with E-state index in [2.05, 4.69) is 11.9 Å². The van der Waals surface area contributed by atoms with E-state index in [1.54, 1.807) is 11.0 Å². The summed E-state index contributed by atoms with van der Waals surface area (Å²) in [6.45, 7) is 8.07. The van der Waals surface area contributed by atoms with Crippen molar-refractivity contribution < 1.29 is 4.79 Å². The summed E-state index contributed by atoms with van der Waals surface area (Å²) in [6.07, 6.45) is 1.68. The summed E-state index contributed by atoms with van der Waals surface area (Å²) in [5, 5.41) is 3.52. The van der Waals surface area contributed by atoms with Gasteiger partial charge in [-0.1, -0.05) is 19.9 Å². The van der Waals surface area contributed by atoms with E-state index in [0.717, 1.165) is 0 Å². The van der Waals surface area contributed by atoms with Crippen LogP contribution < -0.4 is 5.32 Å². The first kappa shape index (κ1) is 10.2. The van der Waals surface area contributed by atoms with Crippen molar-refractivity contribution in [2.45, 2.75) is 19.9 Å². The van der Waals surface area contributed by atoms with Gasteiger partial charge in [-0.15, -0.1) is 6.58 Å². The molecule has 1 amide bonds. The van der Waals surface area contributed by atoms with Crippen LogP contribution in [0.2, 0.25) is 0 Å². The predicted octanol–water partition coefficient (Wildman–Crippen LogP) is 0.914. The molecule has 1 rings (SSSR count). The molecule has 1 aliphatic rings. The SMILES string of the molecule is C=CCN1C(=O)[C@H](C(C)C)NC1=S. The van der Waals surface area contributed by atoms with E-state index in [4.69, 9.17) is 12.2 Å². The zero-order valence-corrected chi connectivity index (χ0v) is 8.73. The fourth-order valence-corrected chi connectivity index (χ4v) is 1.59.